The predicted molar refractivity (Wildman–Crippen MR) is 147 cm³/mol. The molecule has 0 radical (unpaired) electrons. The van der Waals surface area contributed by atoms with Crippen LogP contribution in [0.15, 0.2) is 85.2 Å². The van der Waals surface area contributed by atoms with E-state index in [1.54, 1.807) is 17.0 Å². The Balaban J connectivity index is 1.24. The summed E-state index contributed by atoms with van der Waals surface area (Å²) in [6, 6.07) is 22.5. The summed E-state index contributed by atoms with van der Waals surface area (Å²) in [7, 11) is 0. The zero-order valence-corrected chi connectivity index (χ0v) is 21.1. The number of aromatic hydroxyl groups is 1. The lowest BCUT2D eigenvalue weighted by Gasteiger charge is -2.27. The summed E-state index contributed by atoms with van der Waals surface area (Å²) in [5.74, 6) is 0.848. The third-order valence-electron chi connectivity index (χ3n) is 7.69. The zero-order chi connectivity index (χ0) is 26.6. The fraction of sp³-hybridized carbons (Fsp3) is 0.194. The summed E-state index contributed by atoms with van der Waals surface area (Å²) in [4.78, 5) is 30.2. The molecule has 2 aliphatic rings. The van der Waals surface area contributed by atoms with Crippen LogP contribution in [-0.4, -0.2) is 33.2 Å². The van der Waals surface area contributed by atoms with Gasteiger partial charge in [0.25, 0.3) is 5.91 Å². The standard InChI is InChI=1S/C31H26N4O4/c36-28-26-15-24(39-17-19-6-7-19)13-10-22(26)16-35(28)18-31(29(37)33-30(38)34-31)23-11-8-20(9-12-23)25-5-1-3-21-4-2-14-32-27(21)25/h1-5,8-16,19,36H,6-7,17-18H2,(H2,33,34,37,38)/t31-/m0/s1. The number of nitrogens with one attached hydrogen (secondary N) is 2. The first-order valence-electron chi connectivity index (χ1n) is 13.0. The molecule has 0 bridgehead atoms. The van der Waals surface area contributed by atoms with Gasteiger partial charge in [-0.05, 0) is 54.2 Å². The second-order valence-electron chi connectivity index (χ2n) is 10.4. The molecule has 7 rings (SSSR count). The van der Waals surface area contributed by atoms with Gasteiger partial charge in [0, 0.05) is 34.1 Å². The highest BCUT2D eigenvalue weighted by Gasteiger charge is 2.48. The first-order valence-corrected chi connectivity index (χ1v) is 13.0. The van der Waals surface area contributed by atoms with Crippen LogP contribution in [0.25, 0.3) is 32.8 Å². The topological polar surface area (TPSA) is 105 Å². The van der Waals surface area contributed by atoms with Crippen molar-refractivity contribution in [1.82, 2.24) is 20.2 Å². The molecule has 8 heteroatoms. The van der Waals surface area contributed by atoms with Gasteiger partial charge in [-0.15, -0.1) is 0 Å². The maximum Gasteiger partial charge on any atom is 0.322 e. The van der Waals surface area contributed by atoms with E-state index in [2.05, 4.69) is 15.6 Å². The molecule has 1 aliphatic heterocycles. The molecule has 3 aromatic carbocycles. The van der Waals surface area contributed by atoms with E-state index in [1.807, 2.05) is 72.8 Å². The number of ether oxygens (including phenoxy) is 1. The molecule has 3 heterocycles. The normalized spacial score (nSPS) is 18.9. The Morgan fingerprint density at radius 3 is 2.59 bits per heavy atom. The van der Waals surface area contributed by atoms with Gasteiger partial charge in [-0.2, -0.15) is 0 Å². The summed E-state index contributed by atoms with van der Waals surface area (Å²) in [5, 5.41) is 18.8. The minimum atomic E-state index is -1.40. The third-order valence-corrected chi connectivity index (χ3v) is 7.69. The minimum absolute atomic E-state index is 0.00801. The number of imide groups is 1. The Morgan fingerprint density at radius 1 is 1.00 bits per heavy atom. The molecule has 1 saturated carbocycles. The summed E-state index contributed by atoms with van der Waals surface area (Å²) in [6.07, 6.45) is 5.94. The highest BCUT2D eigenvalue weighted by atomic mass is 16.5. The molecule has 1 aliphatic carbocycles. The number of hydrogen-bond acceptors (Lipinski definition) is 5. The Bertz CT molecular complexity index is 1750. The minimum Gasteiger partial charge on any atom is -0.494 e. The van der Waals surface area contributed by atoms with Crippen LogP contribution < -0.4 is 15.4 Å². The molecule has 0 unspecified atom stereocenters. The first kappa shape index (κ1) is 23.3. The largest absolute Gasteiger partial charge is 0.494 e. The van der Waals surface area contributed by atoms with Crippen LogP contribution in [0.5, 0.6) is 11.6 Å². The average molecular weight is 519 g/mol. The van der Waals surface area contributed by atoms with E-state index in [0.717, 1.165) is 27.4 Å². The van der Waals surface area contributed by atoms with E-state index < -0.39 is 17.5 Å². The fourth-order valence-corrected chi connectivity index (χ4v) is 5.36. The van der Waals surface area contributed by atoms with E-state index in [9.17, 15) is 14.7 Å². The van der Waals surface area contributed by atoms with Gasteiger partial charge in [-0.1, -0.05) is 48.5 Å². The van der Waals surface area contributed by atoms with Crippen LogP contribution in [0.4, 0.5) is 4.79 Å². The molecule has 1 saturated heterocycles. The van der Waals surface area contributed by atoms with Crippen molar-refractivity contribution in [1.29, 1.82) is 0 Å². The Labute approximate surface area is 224 Å². The fourth-order valence-electron chi connectivity index (χ4n) is 5.36. The maximum absolute atomic E-state index is 13.3. The monoisotopic (exact) mass is 518 g/mol. The number of pyridine rings is 1. The van der Waals surface area contributed by atoms with E-state index in [4.69, 9.17) is 4.74 Å². The number of carbonyl (C=O) groups excluding carboxylic acids is 2. The molecule has 1 atom stereocenters. The molecule has 3 N–H and O–H groups in total. The van der Waals surface area contributed by atoms with E-state index in [0.29, 0.717) is 29.2 Å². The van der Waals surface area contributed by atoms with Crippen molar-refractivity contribution in [2.24, 2.45) is 5.92 Å². The lowest BCUT2D eigenvalue weighted by atomic mass is 9.88. The van der Waals surface area contributed by atoms with Crippen molar-refractivity contribution < 1.29 is 19.4 Å². The number of amides is 3. The lowest BCUT2D eigenvalue weighted by Crippen LogP contribution is -2.47. The third kappa shape index (κ3) is 4.05. The molecule has 2 fully saturated rings. The van der Waals surface area contributed by atoms with Gasteiger partial charge in [-0.25, -0.2) is 4.79 Å². The Morgan fingerprint density at radius 2 is 1.82 bits per heavy atom. The number of fused-ring (bicyclic) bond motifs is 2. The van der Waals surface area contributed by atoms with Crippen LogP contribution in [0.1, 0.15) is 18.4 Å². The summed E-state index contributed by atoms with van der Waals surface area (Å²) in [6.45, 7) is 0.686. The van der Waals surface area contributed by atoms with Crippen LogP contribution in [0.3, 0.4) is 0 Å². The number of nitrogens with zero attached hydrogens (tertiary/aromatic N) is 2. The van der Waals surface area contributed by atoms with Crippen LogP contribution >= 0.6 is 0 Å². The van der Waals surface area contributed by atoms with Crippen molar-refractivity contribution in [2.75, 3.05) is 6.61 Å². The zero-order valence-electron chi connectivity index (χ0n) is 21.1. The molecule has 194 valence electrons. The smallest absolute Gasteiger partial charge is 0.322 e. The second-order valence-corrected chi connectivity index (χ2v) is 10.4. The van der Waals surface area contributed by atoms with Crippen molar-refractivity contribution in [2.45, 2.75) is 24.9 Å². The molecule has 39 heavy (non-hydrogen) atoms. The Kier molecular flexibility index (Phi) is 5.30. The first-order chi connectivity index (χ1) is 19.0. The molecular formula is C31H26N4O4. The number of hydrogen-bond donors (Lipinski definition) is 3. The van der Waals surface area contributed by atoms with E-state index in [1.165, 1.54) is 12.8 Å². The number of benzene rings is 3. The summed E-state index contributed by atoms with van der Waals surface area (Å²) in [5.41, 5.74) is 2.01. The molecule has 0 spiro atoms. The lowest BCUT2D eigenvalue weighted by molar-refractivity contribution is -0.124. The molecule has 5 aromatic rings. The van der Waals surface area contributed by atoms with Crippen molar-refractivity contribution in [3.05, 3.63) is 90.8 Å². The van der Waals surface area contributed by atoms with Gasteiger partial charge < -0.3 is 19.7 Å². The van der Waals surface area contributed by atoms with Gasteiger partial charge in [-0.3, -0.25) is 15.1 Å². The summed E-state index contributed by atoms with van der Waals surface area (Å²) >= 11 is 0. The van der Waals surface area contributed by atoms with Crippen molar-refractivity contribution >= 4 is 33.6 Å². The number of aromatic nitrogens is 2. The van der Waals surface area contributed by atoms with Gasteiger partial charge in [0.05, 0.1) is 18.7 Å². The SMILES string of the molecule is O=C1NC(=O)[C@](Cn2cc3ccc(OCC4CC4)cc3c2O)(c2ccc(-c3cccc4cccnc34)cc2)N1. The molecule has 3 amide bonds. The molecule has 2 aromatic heterocycles. The summed E-state index contributed by atoms with van der Waals surface area (Å²) < 4.78 is 7.48. The highest BCUT2D eigenvalue weighted by Crippen LogP contribution is 2.37. The van der Waals surface area contributed by atoms with Crippen LogP contribution in [0.2, 0.25) is 0 Å². The quantitative estimate of drug-likeness (QED) is 0.261. The van der Waals surface area contributed by atoms with E-state index >= 15 is 0 Å². The highest BCUT2D eigenvalue weighted by molar-refractivity contribution is 6.07. The van der Waals surface area contributed by atoms with Gasteiger partial charge >= 0.3 is 6.03 Å². The Hall–Kier alpha value is -4.85. The van der Waals surface area contributed by atoms with Crippen molar-refractivity contribution in [3.63, 3.8) is 0 Å². The maximum atomic E-state index is 13.3. The molecule has 8 nitrogen and oxygen atoms in total. The number of para-hydroxylation sites is 1. The second kappa shape index (κ2) is 8.87. The van der Waals surface area contributed by atoms with Crippen molar-refractivity contribution in [3.8, 4) is 22.8 Å². The number of urea groups is 1. The van der Waals surface area contributed by atoms with Gasteiger partial charge in [0.2, 0.25) is 0 Å². The predicted octanol–water partition coefficient (Wildman–Crippen LogP) is 5.09. The number of carbonyl (C=O) groups is 2. The molecular weight excluding hydrogens is 492 g/mol. The average Bonchev–Trinajstić information content (AvgIpc) is 3.68. The van der Waals surface area contributed by atoms with Crippen LogP contribution in [-0.2, 0) is 16.9 Å². The van der Waals surface area contributed by atoms with Gasteiger partial charge in [0.1, 0.15) is 5.75 Å². The van der Waals surface area contributed by atoms with Crippen LogP contribution in [0, 0.1) is 5.92 Å². The van der Waals surface area contributed by atoms with E-state index in [-0.39, 0.29) is 12.4 Å². The number of rotatable bonds is 7. The van der Waals surface area contributed by atoms with Gasteiger partial charge in [0.15, 0.2) is 11.4 Å².